The third-order valence-corrected chi connectivity index (χ3v) is 4.69. The maximum absolute atomic E-state index is 11.5. The second-order valence-corrected chi connectivity index (χ2v) is 6.82. The molecule has 0 aliphatic carbocycles. The highest BCUT2D eigenvalue weighted by Crippen LogP contribution is 2.20. The molecular weight excluding hydrogens is 314 g/mol. The Labute approximate surface area is 110 Å². The zero-order valence-corrected chi connectivity index (χ0v) is 11.7. The van der Waals surface area contributed by atoms with Gasteiger partial charge in [0.15, 0.2) is 9.84 Å². The van der Waals surface area contributed by atoms with Gasteiger partial charge in [0.05, 0.1) is 11.5 Å². The van der Waals surface area contributed by atoms with Gasteiger partial charge >= 0.3 is 0 Å². The SMILES string of the molecule is Cl.O=S1(=O)CCNC(c2ccc(Br)cc2)C1. The van der Waals surface area contributed by atoms with Crippen LogP contribution in [-0.2, 0) is 9.84 Å². The molecule has 0 saturated carbocycles. The molecule has 1 heterocycles. The minimum atomic E-state index is -2.86. The van der Waals surface area contributed by atoms with Gasteiger partial charge in [0, 0.05) is 17.1 Å². The van der Waals surface area contributed by atoms with Crippen LogP contribution in [0.2, 0.25) is 0 Å². The van der Waals surface area contributed by atoms with Crippen LogP contribution in [0.25, 0.3) is 0 Å². The number of benzene rings is 1. The molecule has 0 aromatic heterocycles. The Morgan fingerprint density at radius 3 is 2.44 bits per heavy atom. The summed E-state index contributed by atoms with van der Waals surface area (Å²) in [5, 5.41) is 3.22. The van der Waals surface area contributed by atoms with Crippen molar-refractivity contribution >= 4 is 38.2 Å². The highest BCUT2D eigenvalue weighted by Gasteiger charge is 2.24. The highest BCUT2D eigenvalue weighted by molar-refractivity contribution is 9.10. The summed E-state index contributed by atoms with van der Waals surface area (Å²) in [5.74, 6) is 0.453. The minimum absolute atomic E-state index is 0. The maximum Gasteiger partial charge on any atom is 0.153 e. The van der Waals surface area contributed by atoms with Gasteiger partial charge in [-0.25, -0.2) is 8.42 Å². The summed E-state index contributed by atoms with van der Waals surface area (Å²) in [6.45, 7) is 0.545. The molecule has 0 amide bonds. The van der Waals surface area contributed by atoms with Crippen molar-refractivity contribution in [3.05, 3.63) is 34.3 Å². The Morgan fingerprint density at radius 2 is 1.88 bits per heavy atom. The number of sulfone groups is 1. The first-order chi connectivity index (χ1) is 7.07. The normalized spacial score (nSPS) is 23.4. The first kappa shape index (κ1) is 14.0. The predicted molar refractivity (Wildman–Crippen MR) is 70.8 cm³/mol. The number of nitrogens with one attached hydrogen (secondary N) is 1. The molecule has 6 heteroatoms. The first-order valence-electron chi connectivity index (χ1n) is 4.76. The van der Waals surface area contributed by atoms with Crippen molar-refractivity contribution in [2.24, 2.45) is 0 Å². The molecule has 0 spiro atoms. The molecular formula is C10H13BrClNO2S. The standard InChI is InChI=1S/C10H12BrNO2S.ClH/c11-9-3-1-8(2-4-9)10-7-15(13,14)6-5-12-10;/h1-4,10,12H,5-7H2;1H. The molecule has 0 radical (unpaired) electrons. The summed E-state index contributed by atoms with van der Waals surface area (Å²) >= 11 is 3.35. The van der Waals surface area contributed by atoms with E-state index in [-0.39, 0.29) is 30.0 Å². The summed E-state index contributed by atoms with van der Waals surface area (Å²) in [4.78, 5) is 0. The lowest BCUT2D eigenvalue weighted by molar-refractivity contribution is 0.531. The Morgan fingerprint density at radius 1 is 1.25 bits per heavy atom. The number of halogens is 2. The fraction of sp³-hybridized carbons (Fsp3) is 0.400. The third-order valence-electron chi connectivity index (χ3n) is 2.50. The van der Waals surface area contributed by atoms with Gasteiger partial charge in [-0.3, -0.25) is 0 Å². The molecule has 2 rings (SSSR count). The summed E-state index contributed by atoms with van der Waals surface area (Å²) in [6, 6.07) is 7.69. The molecule has 0 bridgehead atoms. The smallest absolute Gasteiger partial charge is 0.153 e. The van der Waals surface area contributed by atoms with Crippen molar-refractivity contribution < 1.29 is 8.42 Å². The quantitative estimate of drug-likeness (QED) is 0.858. The van der Waals surface area contributed by atoms with Crippen molar-refractivity contribution in [2.45, 2.75) is 6.04 Å². The lowest BCUT2D eigenvalue weighted by atomic mass is 10.1. The van der Waals surface area contributed by atoms with E-state index < -0.39 is 9.84 Å². The average Bonchev–Trinajstić information content (AvgIpc) is 2.17. The van der Waals surface area contributed by atoms with Crippen molar-refractivity contribution in [3.63, 3.8) is 0 Å². The van der Waals surface area contributed by atoms with Crippen LogP contribution in [0.5, 0.6) is 0 Å². The molecule has 1 fully saturated rings. The summed E-state index contributed by atoms with van der Waals surface area (Å²) in [5.41, 5.74) is 1.03. The number of hydrogen-bond donors (Lipinski definition) is 1. The average molecular weight is 327 g/mol. The summed E-state index contributed by atoms with van der Waals surface area (Å²) in [6.07, 6.45) is 0. The molecule has 1 aliphatic heterocycles. The van der Waals surface area contributed by atoms with Crippen LogP contribution >= 0.6 is 28.3 Å². The minimum Gasteiger partial charge on any atom is -0.308 e. The van der Waals surface area contributed by atoms with Crippen LogP contribution in [0.1, 0.15) is 11.6 Å². The van der Waals surface area contributed by atoms with Crippen molar-refractivity contribution in [2.75, 3.05) is 18.1 Å². The van der Waals surface area contributed by atoms with Gasteiger partial charge in [-0.1, -0.05) is 28.1 Å². The van der Waals surface area contributed by atoms with Crippen LogP contribution in [0, 0.1) is 0 Å². The first-order valence-corrected chi connectivity index (χ1v) is 7.37. The van der Waals surface area contributed by atoms with E-state index in [1.165, 1.54) is 0 Å². The van der Waals surface area contributed by atoms with Crippen molar-refractivity contribution in [3.8, 4) is 0 Å². The summed E-state index contributed by atoms with van der Waals surface area (Å²) < 4.78 is 23.9. The Bertz CT molecular complexity index is 446. The Kier molecular flexibility index (Phi) is 4.79. The second kappa shape index (κ2) is 5.49. The van der Waals surface area contributed by atoms with Gasteiger partial charge < -0.3 is 5.32 Å². The van der Waals surface area contributed by atoms with Crippen LogP contribution in [0.15, 0.2) is 28.7 Å². The molecule has 1 saturated heterocycles. The van der Waals surface area contributed by atoms with E-state index in [0.29, 0.717) is 6.54 Å². The number of hydrogen-bond acceptors (Lipinski definition) is 3. The maximum atomic E-state index is 11.5. The van der Waals surface area contributed by atoms with E-state index in [1.807, 2.05) is 24.3 Å². The molecule has 1 aliphatic rings. The van der Waals surface area contributed by atoms with Gasteiger partial charge in [-0.05, 0) is 17.7 Å². The van der Waals surface area contributed by atoms with Gasteiger partial charge in [0.25, 0.3) is 0 Å². The topological polar surface area (TPSA) is 46.2 Å². The van der Waals surface area contributed by atoms with Crippen LogP contribution in [-0.4, -0.2) is 26.5 Å². The lowest BCUT2D eigenvalue weighted by Gasteiger charge is -2.23. The second-order valence-electron chi connectivity index (χ2n) is 3.67. The molecule has 16 heavy (non-hydrogen) atoms. The summed E-state index contributed by atoms with van der Waals surface area (Å²) in [7, 11) is -2.86. The van der Waals surface area contributed by atoms with Gasteiger partial charge in [0.1, 0.15) is 0 Å². The molecule has 1 aromatic rings. The number of rotatable bonds is 1. The lowest BCUT2D eigenvalue weighted by Crippen LogP contribution is -2.39. The zero-order chi connectivity index (χ0) is 10.9. The monoisotopic (exact) mass is 325 g/mol. The molecule has 3 nitrogen and oxygen atoms in total. The zero-order valence-electron chi connectivity index (χ0n) is 8.52. The fourth-order valence-corrected chi connectivity index (χ4v) is 3.37. The van der Waals surface area contributed by atoms with E-state index >= 15 is 0 Å². The third kappa shape index (κ3) is 3.45. The van der Waals surface area contributed by atoms with Crippen molar-refractivity contribution in [1.82, 2.24) is 5.32 Å². The Hall–Kier alpha value is -0.100. The molecule has 1 aromatic carbocycles. The largest absolute Gasteiger partial charge is 0.308 e. The molecule has 90 valence electrons. The Balaban J connectivity index is 0.00000128. The van der Waals surface area contributed by atoms with E-state index in [9.17, 15) is 8.42 Å². The molecule has 1 atom stereocenters. The van der Waals surface area contributed by atoms with Gasteiger partial charge in [-0.2, -0.15) is 0 Å². The predicted octanol–water partition coefficient (Wildman–Crippen LogP) is 1.93. The van der Waals surface area contributed by atoms with Crippen LogP contribution < -0.4 is 5.32 Å². The molecule has 1 unspecified atom stereocenters. The van der Waals surface area contributed by atoms with Crippen LogP contribution in [0.4, 0.5) is 0 Å². The van der Waals surface area contributed by atoms with Crippen LogP contribution in [0.3, 0.4) is 0 Å². The van der Waals surface area contributed by atoms with E-state index in [2.05, 4.69) is 21.2 Å². The van der Waals surface area contributed by atoms with Gasteiger partial charge in [-0.15, -0.1) is 12.4 Å². The highest BCUT2D eigenvalue weighted by atomic mass is 79.9. The van der Waals surface area contributed by atoms with Crippen molar-refractivity contribution in [1.29, 1.82) is 0 Å². The molecule has 1 N–H and O–H groups in total. The fourth-order valence-electron chi connectivity index (χ4n) is 1.69. The van der Waals surface area contributed by atoms with E-state index in [0.717, 1.165) is 10.0 Å². The van der Waals surface area contributed by atoms with Gasteiger partial charge in [0.2, 0.25) is 0 Å². The van der Waals surface area contributed by atoms with E-state index in [4.69, 9.17) is 0 Å². The van der Waals surface area contributed by atoms with E-state index in [1.54, 1.807) is 0 Å².